The maximum Gasteiger partial charge on any atom is 0.191 e. The van der Waals surface area contributed by atoms with Crippen LogP contribution in [0.5, 0.6) is 5.75 Å². The molecule has 0 bridgehead atoms. The lowest BCUT2D eigenvalue weighted by Crippen LogP contribution is -2.44. The van der Waals surface area contributed by atoms with Gasteiger partial charge in [-0.25, -0.2) is 4.39 Å². The van der Waals surface area contributed by atoms with Gasteiger partial charge in [-0.05, 0) is 30.5 Å². The Kier molecular flexibility index (Phi) is 10.8. The minimum absolute atomic E-state index is 0. The van der Waals surface area contributed by atoms with Crippen molar-refractivity contribution in [2.75, 3.05) is 20.1 Å². The van der Waals surface area contributed by atoms with Crippen LogP contribution in [0, 0.1) is 11.7 Å². The van der Waals surface area contributed by atoms with E-state index in [4.69, 9.17) is 4.74 Å². The lowest BCUT2D eigenvalue weighted by Gasteiger charge is -2.21. The van der Waals surface area contributed by atoms with Crippen molar-refractivity contribution in [3.05, 3.63) is 48.5 Å². The highest BCUT2D eigenvalue weighted by molar-refractivity contribution is 14.0. The molecule has 2 atom stereocenters. The first-order valence-electron chi connectivity index (χ1n) is 8.94. The molecule has 0 radical (unpaired) electrons. The second-order valence-corrected chi connectivity index (χ2v) is 6.27. The van der Waals surface area contributed by atoms with Gasteiger partial charge in [-0.2, -0.15) is 5.10 Å². The Morgan fingerprint density at radius 3 is 2.70 bits per heavy atom. The highest BCUT2D eigenvalue weighted by atomic mass is 127. The fraction of sp³-hybridized carbons (Fsp3) is 0.474. The van der Waals surface area contributed by atoms with E-state index in [0.29, 0.717) is 18.2 Å². The van der Waals surface area contributed by atoms with E-state index in [0.717, 1.165) is 25.5 Å². The fourth-order valence-electron chi connectivity index (χ4n) is 2.50. The molecule has 0 fully saturated rings. The number of hydrogen-bond donors (Lipinski definition) is 2. The van der Waals surface area contributed by atoms with Gasteiger partial charge in [-0.1, -0.05) is 19.9 Å². The van der Waals surface area contributed by atoms with Gasteiger partial charge in [-0.15, -0.1) is 24.0 Å². The highest BCUT2D eigenvalue weighted by Crippen LogP contribution is 2.14. The Hall–Kier alpha value is -1.84. The number of aromatic nitrogens is 2. The van der Waals surface area contributed by atoms with E-state index in [1.807, 2.05) is 23.9 Å². The van der Waals surface area contributed by atoms with Gasteiger partial charge in [0.15, 0.2) is 5.96 Å². The molecule has 0 spiro atoms. The lowest BCUT2D eigenvalue weighted by molar-refractivity contribution is 0.198. The van der Waals surface area contributed by atoms with Crippen LogP contribution in [0.3, 0.4) is 0 Å². The first-order valence-corrected chi connectivity index (χ1v) is 8.94. The second-order valence-electron chi connectivity index (χ2n) is 6.27. The fourth-order valence-corrected chi connectivity index (χ4v) is 2.50. The summed E-state index contributed by atoms with van der Waals surface area (Å²) in [7, 11) is 1.74. The molecule has 2 N–H and O–H groups in total. The number of guanidine groups is 1. The van der Waals surface area contributed by atoms with E-state index in [1.54, 1.807) is 25.4 Å². The van der Waals surface area contributed by atoms with Crippen LogP contribution < -0.4 is 15.4 Å². The van der Waals surface area contributed by atoms with E-state index >= 15 is 0 Å². The Morgan fingerprint density at radius 1 is 1.30 bits per heavy atom. The van der Waals surface area contributed by atoms with Crippen LogP contribution in [0.1, 0.15) is 20.3 Å². The Balaban J connectivity index is 0.00000364. The van der Waals surface area contributed by atoms with Gasteiger partial charge in [0, 0.05) is 38.6 Å². The summed E-state index contributed by atoms with van der Waals surface area (Å²) in [6.07, 6.45) is 4.47. The average molecular weight is 489 g/mol. The SMILES string of the molecule is CCC(CNC(=NC)NCC(C)Cn1cccn1)Oc1cccc(F)c1.I. The van der Waals surface area contributed by atoms with Crippen LogP contribution >= 0.6 is 24.0 Å². The van der Waals surface area contributed by atoms with Crippen molar-refractivity contribution in [2.24, 2.45) is 10.9 Å². The van der Waals surface area contributed by atoms with Crippen molar-refractivity contribution in [2.45, 2.75) is 32.9 Å². The van der Waals surface area contributed by atoms with Gasteiger partial charge >= 0.3 is 0 Å². The van der Waals surface area contributed by atoms with Crippen molar-refractivity contribution in [1.29, 1.82) is 0 Å². The quantitative estimate of drug-likeness (QED) is 0.323. The second kappa shape index (κ2) is 12.5. The first kappa shape index (κ1) is 23.2. The normalized spacial score (nSPS) is 13.4. The maximum atomic E-state index is 13.3. The van der Waals surface area contributed by atoms with Crippen LogP contribution in [0.4, 0.5) is 4.39 Å². The third-order valence-electron chi connectivity index (χ3n) is 3.95. The number of nitrogens with zero attached hydrogens (tertiary/aromatic N) is 3. The highest BCUT2D eigenvalue weighted by Gasteiger charge is 2.11. The van der Waals surface area contributed by atoms with Crippen molar-refractivity contribution >= 4 is 29.9 Å². The molecule has 0 amide bonds. The number of halogens is 2. The molecule has 2 unspecified atom stereocenters. The minimum Gasteiger partial charge on any atom is -0.489 e. The molecule has 1 aromatic heterocycles. The van der Waals surface area contributed by atoms with Gasteiger partial charge in [0.25, 0.3) is 0 Å². The molecule has 0 aliphatic heterocycles. The number of ether oxygens (including phenoxy) is 1. The molecule has 8 heteroatoms. The molecule has 2 rings (SSSR count). The zero-order valence-electron chi connectivity index (χ0n) is 16.1. The predicted molar refractivity (Wildman–Crippen MR) is 117 cm³/mol. The molecule has 0 aliphatic rings. The third-order valence-corrected chi connectivity index (χ3v) is 3.95. The Labute approximate surface area is 177 Å². The van der Waals surface area contributed by atoms with E-state index in [1.165, 1.54) is 12.1 Å². The van der Waals surface area contributed by atoms with Crippen LogP contribution in [0.25, 0.3) is 0 Å². The summed E-state index contributed by atoms with van der Waals surface area (Å²) in [5.41, 5.74) is 0. The van der Waals surface area contributed by atoms with Gasteiger partial charge in [0.05, 0.1) is 6.54 Å². The molecule has 0 aliphatic carbocycles. The first-order chi connectivity index (χ1) is 12.6. The number of benzene rings is 1. The van der Waals surface area contributed by atoms with E-state index < -0.39 is 0 Å². The molecular formula is C19H29FIN5O. The van der Waals surface area contributed by atoms with Crippen molar-refractivity contribution in [3.8, 4) is 5.75 Å². The van der Waals surface area contributed by atoms with Crippen molar-refractivity contribution in [3.63, 3.8) is 0 Å². The summed E-state index contributed by atoms with van der Waals surface area (Å²) in [5, 5.41) is 10.8. The summed E-state index contributed by atoms with van der Waals surface area (Å²) < 4.78 is 21.0. The molecule has 150 valence electrons. The monoisotopic (exact) mass is 489 g/mol. The van der Waals surface area contributed by atoms with E-state index in [2.05, 4.69) is 27.6 Å². The smallest absolute Gasteiger partial charge is 0.191 e. The number of aliphatic imine (C=N–C) groups is 1. The molecule has 0 saturated carbocycles. The lowest BCUT2D eigenvalue weighted by atomic mass is 10.2. The van der Waals surface area contributed by atoms with Gasteiger partial charge < -0.3 is 15.4 Å². The van der Waals surface area contributed by atoms with Crippen LogP contribution in [0.2, 0.25) is 0 Å². The molecule has 27 heavy (non-hydrogen) atoms. The number of rotatable bonds is 9. The Morgan fingerprint density at radius 2 is 2.07 bits per heavy atom. The standard InChI is InChI=1S/C19H28FN5O.HI/c1-4-17(26-18-8-5-7-16(20)11-18)13-23-19(21-3)22-12-15(2)14-25-10-6-9-24-25;/h5-11,15,17H,4,12-14H2,1-3H3,(H2,21,22,23);1H. The number of nitrogens with one attached hydrogen (secondary N) is 2. The zero-order chi connectivity index (χ0) is 18.8. The average Bonchev–Trinajstić information content (AvgIpc) is 3.13. The van der Waals surface area contributed by atoms with E-state index in [-0.39, 0.29) is 35.9 Å². The molecule has 1 heterocycles. The molecule has 1 aromatic carbocycles. The molecule has 6 nitrogen and oxygen atoms in total. The van der Waals surface area contributed by atoms with Gasteiger partial charge in [0.2, 0.25) is 0 Å². The molecular weight excluding hydrogens is 460 g/mol. The summed E-state index contributed by atoms with van der Waals surface area (Å²) in [4.78, 5) is 4.24. The van der Waals surface area contributed by atoms with Gasteiger partial charge in [0.1, 0.15) is 17.7 Å². The Bertz CT molecular complexity index is 680. The summed E-state index contributed by atoms with van der Waals surface area (Å²) in [6.45, 7) is 6.40. The summed E-state index contributed by atoms with van der Waals surface area (Å²) in [6, 6.07) is 8.13. The predicted octanol–water partition coefficient (Wildman–Crippen LogP) is 3.30. The van der Waals surface area contributed by atoms with Crippen LogP contribution in [0.15, 0.2) is 47.7 Å². The largest absolute Gasteiger partial charge is 0.489 e. The third kappa shape index (κ3) is 8.59. The molecule has 2 aromatic rings. The van der Waals surface area contributed by atoms with Crippen molar-refractivity contribution < 1.29 is 9.13 Å². The van der Waals surface area contributed by atoms with Crippen LogP contribution in [-0.4, -0.2) is 42.0 Å². The van der Waals surface area contributed by atoms with E-state index in [9.17, 15) is 4.39 Å². The maximum absolute atomic E-state index is 13.3. The minimum atomic E-state index is -0.297. The topological polar surface area (TPSA) is 63.5 Å². The summed E-state index contributed by atoms with van der Waals surface area (Å²) in [5.74, 6) is 1.36. The number of hydrogen-bond acceptors (Lipinski definition) is 3. The van der Waals surface area contributed by atoms with Crippen molar-refractivity contribution in [1.82, 2.24) is 20.4 Å². The summed E-state index contributed by atoms with van der Waals surface area (Å²) >= 11 is 0. The molecule has 0 saturated heterocycles. The van der Waals surface area contributed by atoms with Gasteiger partial charge in [-0.3, -0.25) is 9.67 Å². The zero-order valence-corrected chi connectivity index (χ0v) is 18.4. The van der Waals surface area contributed by atoms with Crippen LogP contribution in [-0.2, 0) is 6.54 Å².